The Bertz CT molecular complexity index is 390. The van der Waals surface area contributed by atoms with E-state index in [1.807, 2.05) is 0 Å². The summed E-state index contributed by atoms with van der Waals surface area (Å²) in [5.41, 5.74) is 0. The molecule has 0 aromatic carbocycles. The van der Waals surface area contributed by atoms with E-state index in [0.29, 0.717) is 24.1 Å². The van der Waals surface area contributed by atoms with E-state index in [0.717, 1.165) is 30.9 Å². The van der Waals surface area contributed by atoms with Crippen LogP contribution in [0.5, 0.6) is 0 Å². The summed E-state index contributed by atoms with van der Waals surface area (Å²) >= 11 is 1.48. The Balaban J connectivity index is 1.87. The first-order valence-corrected chi connectivity index (χ1v) is 6.94. The van der Waals surface area contributed by atoms with Gasteiger partial charge in [-0.2, -0.15) is 0 Å². The van der Waals surface area contributed by atoms with E-state index >= 15 is 0 Å². The van der Waals surface area contributed by atoms with Crippen LogP contribution in [0, 0.1) is 0 Å². The second-order valence-corrected chi connectivity index (χ2v) is 5.27. The Labute approximate surface area is 110 Å². The smallest absolute Gasteiger partial charge is 0.228 e. The first-order chi connectivity index (χ1) is 8.79. The van der Waals surface area contributed by atoms with Crippen molar-refractivity contribution in [2.45, 2.75) is 25.2 Å². The number of nitrogens with one attached hydrogen (secondary N) is 2. The fraction of sp³-hybridized carbons (Fsp3) is 0.727. The average molecular weight is 270 g/mol. The van der Waals surface area contributed by atoms with E-state index in [1.54, 1.807) is 7.11 Å². The number of carbonyl (C=O) groups excluding carboxylic acids is 1. The maximum Gasteiger partial charge on any atom is 0.228 e. The van der Waals surface area contributed by atoms with Gasteiger partial charge < -0.3 is 15.4 Å². The molecule has 0 radical (unpaired) electrons. The number of ether oxygens (including phenoxy) is 1. The van der Waals surface area contributed by atoms with Gasteiger partial charge in [0.25, 0.3) is 0 Å². The second kappa shape index (κ2) is 6.77. The van der Waals surface area contributed by atoms with Crippen LogP contribution in [0.2, 0.25) is 0 Å². The van der Waals surface area contributed by atoms with Gasteiger partial charge in [-0.3, -0.25) is 4.79 Å². The van der Waals surface area contributed by atoms with Crippen molar-refractivity contribution >= 4 is 22.4 Å². The highest BCUT2D eigenvalue weighted by molar-refractivity contribution is 7.15. The molecule has 18 heavy (non-hydrogen) atoms. The largest absolute Gasteiger partial charge is 0.384 e. The zero-order valence-electron chi connectivity index (χ0n) is 10.4. The van der Waals surface area contributed by atoms with Gasteiger partial charge in [0.15, 0.2) is 0 Å². The third-order valence-electron chi connectivity index (χ3n) is 2.91. The molecule has 0 spiro atoms. The Hall–Kier alpha value is -1.05. The molecule has 0 aliphatic carbocycles. The molecule has 0 atom stereocenters. The second-order valence-electron chi connectivity index (χ2n) is 4.26. The molecule has 2 heterocycles. The summed E-state index contributed by atoms with van der Waals surface area (Å²) in [5.74, 6) is 0.401. The van der Waals surface area contributed by atoms with Gasteiger partial charge in [-0.1, -0.05) is 11.3 Å². The number of hydrogen-bond acceptors (Lipinski definition) is 6. The molecule has 7 heteroatoms. The van der Waals surface area contributed by atoms with Crippen LogP contribution in [0.25, 0.3) is 0 Å². The molecular formula is C11H18N4O2S. The summed E-state index contributed by atoms with van der Waals surface area (Å²) in [7, 11) is 1.58. The van der Waals surface area contributed by atoms with E-state index in [9.17, 15) is 4.79 Å². The number of methoxy groups -OCH3 is 1. The van der Waals surface area contributed by atoms with Crippen molar-refractivity contribution in [3.8, 4) is 0 Å². The lowest BCUT2D eigenvalue weighted by Crippen LogP contribution is -2.26. The molecule has 0 saturated carbocycles. The molecule has 0 bridgehead atoms. The molecule has 1 aromatic rings. The normalized spacial score (nSPS) is 16.7. The van der Waals surface area contributed by atoms with E-state index < -0.39 is 0 Å². The standard InChI is InChI=1S/C11H18N4O2S/c1-17-7-4-9(16)13-11-15-14-10(18-11)8-2-5-12-6-3-8/h8,12H,2-7H2,1H3,(H,13,15,16). The molecule has 2 rings (SSSR count). The number of carbonyl (C=O) groups is 1. The summed E-state index contributed by atoms with van der Waals surface area (Å²) in [5, 5.41) is 15.9. The van der Waals surface area contributed by atoms with Crippen LogP contribution in [0.4, 0.5) is 5.13 Å². The summed E-state index contributed by atoms with van der Waals surface area (Å²) < 4.78 is 4.85. The zero-order chi connectivity index (χ0) is 12.8. The molecular weight excluding hydrogens is 252 g/mol. The SMILES string of the molecule is COCCC(=O)Nc1nnc(C2CCNCC2)s1. The topological polar surface area (TPSA) is 76.1 Å². The van der Waals surface area contributed by atoms with Gasteiger partial charge in [0.1, 0.15) is 5.01 Å². The van der Waals surface area contributed by atoms with Gasteiger partial charge in [0.05, 0.1) is 13.0 Å². The van der Waals surface area contributed by atoms with Crippen LogP contribution < -0.4 is 10.6 Å². The van der Waals surface area contributed by atoms with Crippen molar-refractivity contribution in [2.75, 3.05) is 32.1 Å². The average Bonchev–Trinajstić information content (AvgIpc) is 2.86. The maximum absolute atomic E-state index is 11.5. The molecule has 2 N–H and O–H groups in total. The lowest BCUT2D eigenvalue weighted by molar-refractivity contribution is -0.117. The van der Waals surface area contributed by atoms with Gasteiger partial charge in [-0.25, -0.2) is 0 Å². The molecule has 1 aliphatic rings. The lowest BCUT2D eigenvalue weighted by atomic mass is 9.99. The third kappa shape index (κ3) is 3.72. The van der Waals surface area contributed by atoms with E-state index in [2.05, 4.69) is 20.8 Å². The number of anilines is 1. The van der Waals surface area contributed by atoms with Crippen LogP contribution in [-0.4, -0.2) is 42.9 Å². The first-order valence-electron chi connectivity index (χ1n) is 6.12. The summed E-state index contributed by atoms with van der Waals surface area (Å²) in [6.07, 6.45) is 2.53. The third-order valence-corrected chi connectivity index (χ3v) is 3.91. The predicted molar refractivity (Wildman–Crippen MR) is 69.9 cm³/mol. The zero-order valence-corrected chi connectivity index (χ0v) is 11.3. The Morgan fingerprint density at radius 1 is 1.50 bits per heavy atom. The molecule has 1 aromatic heterocycles. The van der Waals surface area contributed by atoms with E-state index in [-0.39, 0.29) is 5.91 Å². The Kier molecular flexibility index (Phi) is 5.03. The van der Waals surface area contributed by atoms with Gasteiger partial charge in [-0.15, -0.1) is 10.2 Å². The van der Waals surface area contributed by atoms with E-state index in [1.165, 1.54) is 11.3 Å². The number of amides is 1. The molecule has 1 aliphatic heterocycles. The van der Waals surface area contributed by atoms with Gasteiger partial charge in [0.2, 0.25) is 11.0 Å². The minimum absolute atomic E-state index is 0.0788. The monoisotopic (exact) mass is 270 g/mol. The number of nitrogens with zero attached hydrogens (tertiary/aromatic N) is 2. The molecule has 1 amide bonds. The summed E-state index contributed by atoms with van der Waals surface area (Å²) in [6.45, 7) is 2.48. The molecule has 1 fully saturated rings. The van der Waals surface area contributed by atoms with Crippen LogP contribution in [-0.2, 0) is 9.53 Å². The minimum atomic E-state index is -0.0788. The van der Waals surface area contributed by atoms with Gasteiger partial charge in [-0.05, 0) is 25.9 Å². The van der Waals surface area contributed by atoms with Gasteiger partial charge >= 0.3 is 0 Å². The maximum atomic E-state index is 11.5. The Morgan fingerprint density at radius 2 is 2.28 bits per heavy atom. The lowest BCUT2D eigenvalue weighted by Gasteiger charge is -2.19. The first kappa shape index (κ1) is 13.4. The molecule has 0 unspecified atom stereocenters. The molecule has 6 nitrogen and oxygen atoms in total. The Morgan fingerprint density at radius 3 is 3.00 bits per heavy atom. The van der Waals surface area contributed by atoms with Crippen LogP contribution in [0.3, 0.4) is 0 Å². The highest BCUT2D eigenvalue weighted by Crippen LogP contribution is 2.29. The number of piperidine rings is 1. The highest BCUT2D eigenvalue weighted by Gasteiger charge is 2.19. The van der Waals surface area contributed by atoms with Crippen LogP contribution >= 0.6 is 11.3 Å². The fourth-order valence-corrected chi connectivity index (χ4v) is 2.82. The van der Waals surface area contributed by atoms with Crippen molar-refractivity contribution in [1.82, 2.24) is 15.5 Å². The summed E-state index contributed by atoms with van der Waals surface area (Å²) in [6, 6.07) is 0. The predicted octanol–water partition coefficient (Wildman–Crippen LogP) is 0.980. The number of hydrogen-bond donors (Lipinski definition) is 2. The number of aromatic nitrogens is 2. The van der Waals surface area contributed by atoms with Crippen LogP contribution in [0.1, 0.15) is 30.2 Å². The summed E-state index contributed by atoms with van der Waals surface area (Å²) in [4.78, 5) is 11.5. The van der Waals surface area contributed by atoms with Gasteiger partial charge in [0, 0.05) is 13.0 Å². The van der Waals surface area contributed by atoms with Crippen molar-refractivity contribution in [3.05, 3.63) is 5.01 Å². The van der Waals surface area contributed by atoms with Crippen molar-refractivity contribution in [1.29, 1.82) is 0 Å². The van der Waals surface area contributed by atoms with Crippen LogP contribution in [0.15, 0.2) is 0 Å². The van der Waals surface area contributed by atoms with Crippen molar-refractivity contribution in [3.63, 3.8) is 0 Å². The van der Waals surface area contributed by atoms with Crippen molar-refractivity contribution in [2.24, 2.45) is 0 Å². The molecule has 100 valence electrons. The highest BCUT2D eigenvalue weighted by atomic mass is 32.1. The molecule has 1 saturated heterocycles. The quantitative estimate of drug-likeness (QED) is 0.834. The van der Waals surface area contributed by atoms with E-state index in [4.69, 9.17) is 4.74 Å². The van der Waals surface area contributed by atoms with Crippen molar-refractivity contribution < 1.29 is 9.53 Å². The minimum Gasteiger partial charge on any atom is -0.384 e. The number of rotatable bonds is 5. The fourth-order valence-electron chi connectivity index (χ4n) is 1.90.